The first-order valence-electron chi connectivity index (χ1n) is 17.8. The molecule has 14 heteroatoms. The Labute approximate surface area is 327 Å². The molecule has 0 saturated carbocycles. The van der Waals surface area contributed by atoms with Gasteiger partial charge < -0.3 is 24.6 Å². The van der Waals surface area contributed by atoms with E-state index in [9.17, 15) is 14.4 Å². The summed E-state index contributed by atoms with van der Waals surface area (Å²) in [5, 5.41) is 4.17. The second-order valence-corrected chi connectivity index (χ2v) is 15.1. The summed E-state index contributed by atoms with van der Waals surface area (Å²) in [5.74, 6) is 0.890. The molecular formula is C39H47Cl3N6O5. The number of piperazine rings is 1. The molecule has 11 nitrogen and oxygen atoms in total. The van der Waals surface area contributed by atoms with Gasteiger partial charge >= 0.3 is 6.03 Å². The lowest BCUT2D eigenvalue weighted by Gasteiger charge is -2.39. The number of rotatable bonds is 8. The van der Waals surface area contributed by atoms with E-state index in [-0.39, 0.29) is 30.3 Å². The second kappa shape index (κ2) is 17.5. The van der Waals surface area contributed by atoms with E-state index >= 15 is 0 Å². The topological polar surface area (TPSA) is 107 Å². The van der Waals surface area contributed by atoms with Gasteiger partial charge in [0.2, 0.25) is 11.8 Å². The normalized spacial score (nSPS) is 19.4. The van der Waals surface area contributed by atoms with Gasteiger partial charge in [0, 0.05) is 66.5 Å². The number of amidine groups is 1. The van der Waals surface area contributed by atoms with Gasteiger partial charge in [0.15, 0.2) is 0 Å². The van der Waals surface area contributed by atoms with E-state index in [4.69, 9.17) is 37.7 Å². The Balaban J connectivity index is 0.00000541. The van der Waals surface area contributed by atoms with Gasteiger partial charge in [-0.2, -0.15) is 0 Å². The largest absolute Gasteiger partial charge is 0.493 e. The van der Waals surface area contributed by atoms with E-state index in [0.29, 0.717) is 98.5 Å². The number of amides is 4. The van der Waals surface area contributed by atoms with Crippen LogP contribution in [0.2, 0.25) is 10.0 Å². The monoisotopic (exact) mass is 784 g/mol. The van der Waals surface area contributed by atoms with Crippen molar-refractivity contribution in [2.24, 2.45) is 10.4 Å². The van der Waals surface area contributed by atoms with E-state index in [0.717, 1.165) is 11.1 Å². The number of hydrogen-bond acceptors (Lipinski definition) is 7. The van der Waals surface area contributed by atoms with Gasteiger partial charge in [-0.1, -0.05) is 68.2 Å². The fourth-order valence-electron chi connectivity index (χ4n) is 6.59. The highest BCUT2D eigenvalue weighted by Crippen LogP contribution is 2.46. The van der Waals surface area contributed by atoms with Gasteiger partial charge in [-0.05, 0) is 54.4 Å². The first-order chi connectivity index (χ1) is 24.9. The van der Waals surface area contributed by atoms with E-state index in [1.165, 1.54) is 0 Å². The molecule has 3 aromatic carbocycles. The Kier molecular flexibility index (Phi) is 13.3. The number of nitrogens with one attached hydrogen (secondary N) is 1. The molecule has 0 aromatic heterocycles. The molecule has 4 amide bonds. The van der Waals surface area contributed by atoms with Crippen molar-refractivity contribution in [2.75, 3.05) is 71.0 Å². The van der Waals surface area contributed by atoms with Gasteiger partial charge in [0.25, 0.3) is 0 Å². The van der Waals surface area contributed by atoms with Crippen LogP contribution >= 0.6 is 35.6 Å². The maximum atomic E-state index is 15.0. The summed E-state index contributed by atoms with van der Waals surface area (Å²) < 4.78 is 11.6. The predicted molar refractivity (Wildman–Crippen MR) is 211 cm³/mol. The van der Waals surface area contributed by atoms with E-state index < -0.39 is 17.5 Å². The van der Waals surface area contributed by atoms with Gasteiger partial charge in [-0.25, -0.2) is 4.79 Å². The maximum Gasteiger partial charge on any atom is 0.326 e. The van der Waals surface area contributed by atoms with Crippen LogP contribution < -0.4 is 10.1 Å². The fourth-order valence-corrected chi connectivity index (χ4v) is 6.84. The summed E-state index contributed by atoms with van der Waals surface area (Å²) in [7, 11) is 0. The van der Waals surface area contributed by atoms with E-state index in [1.807, 2.05) is 98.2 Å². The zero-order chi connectivity index (χ0) is 37.0. The number of nitrogens with zero attached hydrogens (tertiary/aromatic N) is 5. The smallest absolute Gasteiger partial charge is 0.326 e. The number of anilines is 1. The van der Waals surface area contributed by atoms with Crippen molar-refractivity contribution >= 4 is 65.0 Å². The van der Waals surface area contributed by atoms with Crippen molar-refractivity contribution in [3.8, 4) is 5.75 Å². The highest BCUT2D eigenvalue weighted by atomic mass is 35.5. The molecule has 2 fully saturated rings. The van der Waals surface area contributed by atoms with Crippen molar-refractivity contribution in [3.05, 3.63) is 93.5 Å². The average Bonchev–Trinajstić information content (AvgIpc) is 3.53. The zero-order valence-electron chi connectivity index (χ0n) is 30.5. The maximum absolute atomic E-state index is 15.0. The SMILES string of the molecule is CCOc1cc(NC(=O)C(C)(C)C)ccc1C1=N[C@@H](c2ccc(Cl)cc2)[C@@H](c2ccc(Cl)cc2)N1C(=O)N1CCN(CC(=O)N2CCOCC2)CC1.Cl. The minimum Gasteiger partial charge on any atom is -0.493 e. The Morgan fingerprint density at radius 1 is 0.849 bits per heavy atom. The molecule has 284 valence electrons. The van der Waals surface area contributed by atoms with Crippen LogP contribution in [-0.4, -0.2) is 109 Å². The van der Waals surface area contributed by atoms with Crippen LogP contribution in [0, 0.1) is 5.41 Å². The van der Waals surface area contributed by atoms with Gasteiger partial charge in [-0.15, -0.1) is 12.4 Å². The summed E-state index contributed by atoms with van der Waals surface area (Å²) in [6.07, 6.45) is 0. The summed E-state index contributed by atoms with van der Waals surface area (Å²) in [6.45, 7) is 12.4. The molecule has 53 heavy (non-hydrogen) atoms. The molecule has 0 spiro atoms. The average molecular weight is 786 g/mol. The van der Waals surface area contributed by atoms with Gasteiger partial charge in [0.05, 0.1) is 38.0 Å². The molecule has 0 aliphatic carbocycles. The predicted octanol–water partition coefficient (Wildman–Crippen LogP) is 6.94. The van der Waals surface area contributed by atoms with Crippen molar-refractivity contribution in [1.82, 2.24) is 19.6 Å². The van der Waals surface area contributed by atoms with Crippen LogP contribution in [0.25, 0.3) is 0 Å². The molecule has 0 unspecified atom stereocenters. The van der Waals surface area contributed by atoms with Crippen LogP contribution in [0.3, 0.4) is 0 Å². The molecule has 0 radical (unpaired) electrons. The summed E-state index contributed by atoms with van der Waals surface area (Å²) in [6, 6.07) is 19.2. The molecule has 6 rings (SSSR count). The highest BCUT2D eigenvalue weighted by molar-refractivity contribution is 6.30. The standard InChI is InChI=1S/C39H46Cl2N6O5.ClH/c1-5-52-32-24-30(42-37(49)39(2,3)4)14-15-31(32)36-43-34(26-6-10-28(40)11-7-26)35(27-8-12-29(41)13-9-27)47(36)38(50)46-18-16-44(17-19-46)25-33(48)45-20-22-51-23-21-45;/h6-15,24,34-35H,5,16-23,25H2,1-4H3,(H,42,49);1H/t34-,35+;/m0./s1. The minimum atomic E-state index is -0.597. The lowest BCUT2D eigenvalue weighted by Crippen LogP contribution is -2.56. The molecular weight excluding hydrogens is 739 g/mol. The Hall–Kier alpha value is -3.87. The van der Waals surface area contributed by atoms with E-state index in [1.54, 1.807) is 11.0 Å². The third kappa shape index (κ3) is 9.45. The number of hydrogen-bond donors (Lipinski definition) is 1. The molecule has 1 N–H and O–H groups in total. The number of aliphatic imine (C=N–C) groups is 1. The highest BCUT2D eigenvalue weighted by Gasteiger charge is 2.45. The number of ether oxygens (including phenoxy) is 2. The number of benzene rings is 3. The first kappa shape index (κ1) is 40.3. The Morgan fingerprint density at radius 3 is 2.04 bits per heavy atom. The number of halogens is 3. The van der Waals surface area contributed by atoms with Gasteiger partial charge in [-0.3, -0.25) is 24.4 Å². The molecule has 3 aliphatic rings. The summed E-state index contributed by atoms with van der Waals surface area (Å²) in [4.78, 5) is 53.7. The van der Waals surface area contributed by atoms with Crippen LogP contribution in [-0.2, 0) is 14.3 Å². The van der Waals surface area contributed by atoms with Crippen molar-refractivity contribution in [3.63, 3.8) is 0 Å². The van der Waals surface area contributed by atoms with E-state index in [2.05, 4.69) is 10.2 Å². The lowest BCUT2D eigenvalue weighted by molar-refractivity contribution is -0.136. The summed E-state index contributed by atoms with van der Waals surface area (Å²) in [5.41, 5.74) is 2.35. The van der Waals surface area contributed by atoms with Crippen LogP contribution in [0.5, 0.6) is 5.75 Å². The molecule has 2 atom stereocenters. The lowest BCUT2D eigenvalue weighted by atomic mass is 9.93. The van der Waals surface area contributed by atoms with Crippen molar-refractivity contribution < 1.29 is 23.9 Å². The minimum absolute atomic E-state index is 0. The van der Waals surface area contributed by atoms with Crippen LogP contribution in [0.15, 0.2) is 71.7 Å². The number of morpholine rings is 1. The molecule has 0 bridgehead atoms. The molecule has 3 aromatic rings. The number of carbonyl (C=O) groups is 3. The Bertz CT molecular complexity index is 1790. The quantitative estimate of drug-likeness (QED) is 0.266. The Morgan fingerprint density at radius 2 is 1.45 bits per heavy atom. The van der Waals surface area contributed by atoms with Crippen molar-refractivity contribution in [1.29, 1.82) is 0 Å². The molecule has 2 saturated heterocycles. The number of carbonyl (C=O) groups excluding carboxylic acids is 3. The first-order valence-corrected chi connectivity index (χ1v) is 18.5. The zero-order valence-corrected chi connectivity index (χ0v) is 32.8. The fraction of sp³-hybridized carbons (Fsp3) is 0.436. The molecule has 3 aliphatic heterocycles. The van der Waals surface area contributed by atoms with Gasteiger partial charge in [0.1, 0.15) is 17.6 Å². The molecule has 3 heterocycles. The number of urea groups is 1. The van der Waals surface area contributed by atoms with Crippen LogP contribution in [0.1, 0.15) is 56.5 Å². The summed E-state index contributed by atoms with van der Waals surface area (Å²) >= 11 is 12.7. The second-order valence-electron chi connectivity index (χ2n) is 14.2. The van der Waals surface area contributed by atoms with Crippen LogP contribution in [0.4, 0.5) is 10.5 Å². The van der Waals surface area contributed by atoms with Crippen molar-refractivity contribution in [2.45, 2.75) is 39.8 Å². The third-order valence-electron chi connectivity index (χ3n) is 9.52. The third-order valence-corrected chi connectivity index (χ3v) is 10.0.